The summed E-state index contributed by atoms with van der Waals surface area (Å²) < 4.78 is 20.0. The van der Waals surface area contributed by atoms with Crippen molar-refractivity contribution in [1.82, 2.24) is 24.7 Å². The van der Waals surface area contributed by atoms with Crippen LogP contribution in [0.2, 0.25) is 0 Å². The molecule has 0 fully saturated rings. The van der Waals surface area contributed by atoms with E-state index in [1.54, 1.807) is 23.6 Å². The van der Waals surface area contributed by atoms with Crippen molar-refractivity contribution in [3.63, 3.8) is 0 Å². The molecular weight excluding hydrogens is 413 g/mol. The Bertz CT molecular complexity index is 990. The molecular formula is C19H20FN5O2S2. The third kappa shape index (κ3) is 5.33. The summed E-state index contributed by atoms with van der Waals surface area (Å²) in [5.74, 6) is 0.408. The Labute approximate surface area is 176 Å². The van der Waals surface area contributed by atoms with Crippen molar-refractivity contribution in [1.29, 1.82) is 0 Å². The van der Waals surface area contributed by atoms with Gasteiger partial charge < -0.3 is 4.74 Å². The molecule has 0 spiro atoms. The molecule has 0 aliphatic carbocycles. The summed E-state index contributed by atoms with van der Waals surface area (Å²) >= 11 is 2.67. The van der Waals surface area contributed by atoms with Crippen LogP contribution in [-0.4, -0.2) is 43.1 Å². The molecule has 0 saturated carbocycles. The Morgan fingerprint density at radius 1 is 1.17 bits per heavy atom. The fourth-order valence-electron chi connectivity index (χ4n) is 2.58. The van der Waals surface area contributed by atoms with Gasteiger partial charge >= 0.3 is 5.97 Å². The zero-order valence-electron chi connectivity index (χ0n) is 16.4. The minimum absolute atomic E-state index is 0.335. The van der Waals surface area contributed by atoms with Gasteiger partial charge in [-0.25, -0.2) is 14.4 Å². The Morgan fingerprint density at radius 2 is 1.83 bits per heavy atom. The Morgan fingerprint density at radius 3 is 2.45 bits per heavy atom. The molecule has 0 N–H and O–H groups in total. The molecule has 1 atom stereocenters. The molecule has 1 aromatic carbocycles. The lowest BCUT2D eigenvalue weighted by atomic mass is 10.3. The van der Waals surface area contributed by atoms with E-state index in [9.17, 15) is 9.18 Å². The minimum atomic E-state index is -0.466. The maximum atomic E-state index is 13.4. The first-order valence-electron chi connectivity index (χ1n) is 8.77. The van der Waals surface area contributed by atoms with Crippen LogP contribution in [0.3, 0.4) is 0 Å². The van der Waals surface area contributed by atoms with Gasteiger partial charge in [0.2, 0.25) is 0 Å². The average Bonchev–Trinajstić information content (AvgIpc) is 3.08. The number of aromatic nitrogens is 5. The number of ether oxygens (including phenoxy) is 1. The first-order valence-corrected chi connectivity index (χ1v) is 10.6. The van der Waals surface area contributed by atoms with Crippen LogP contribution in [0.4, 0.5) is 4.39 Å². The standard InChI is InChI=1S/C19H20FN5O2S2/c1-11-9-12(2)22-18(21-11)28-10-16-23-24-19(29-13(3)17(26)27-4)25(16)15-7-5-14(20)6-8-15/h5-9,13H,10H2,1-4H3. The van der Waals surface area contributed by atoms with Gasteiger partial charge in [0.1, 0.15) is 16.9 Å². The first-order chi connectivity index (χ1) is 13.9. The van der Waals surface area contributed by atoms with Crippen LogP contribution in [0.15, 0.2) is 40.6 Å². The predicted octanol–water partition coefficient (Wildman–Crippen LogP) is 3.76. The van der Waals surface area contributed by atoms with Gasteiger partial charge in [-0.3, -0.25) is 9.36 Å². The quantitative estimate of drug-likeness (QED) is 0.316. The van der Waals surface area contributed by atoms with Gasteiger partial charge in [-0.05, 0) is 51.1 Å². The van der Waals surface area contributed by atoms with Crippen LogP contribution >= 0.6 is 23.5 Å². The molecule has 10 heteroatoms. The number of carbonyl (C=O) groups is 1. The van der Waals surface area contributed by atoms with E-state index in [1.165, 1.54) is 42.8 Å². The lowest BCUT2D eigenvalue weighted by Crippen LogP contribution is -2.15. The van der Waals surface area contributed by atoms with Gasteiger partial charge in [-0.1, -0.05) is 23.5 Å². The van der Waals surface area contributed by atoms with Crippen LogP contribution in [-0.2, 0) is 15.3 Å². The van der Waals surface area contributed by atoms with E-state index in [2.05, 4.69) is 20.2 Å². The van der Waals surface area contributed by atoms with Crippen LogP contribution in [0, 0.1) is 19.7 Å². The Kier molecular flexibility index (Phi) is 6.86. The van der Waals surface area contributed by atoms with Crippen LogP contribution < -0.4 is 0 Å². The number of aryl methyl sites for hydroxylation is 2. The van der Waals surface area contributed by atoms with Crippen molar-refractivity contribution in [3.8, 4) is 5.69 Å². The average molecular weight is 434 g/mol. The van der Waals surface area contributed by atoms with Gasteiger partial charge in [0.05, 0.1) is 12.9 Å². The van der Waals surface area contributed by atoms with Crippen LogP contribution in [0.5, 0.6) is 0 Å². The molecule has 0 aliphatic heterocycles. The van der Waals surface area contributed by atoms with E-state index < -0.39 is 5.25 Å². The van der Waals surface area contributed by atoms with E-state index >= 15 is 0 Å². The fraction of sp³-hybridized carbons (Fsp3) is 0.316. The molecule has 152 valence electrons. The zero-order chi connectivity index (χ0) is 21.0. The summed E-state index contributed by atoms with van der Waals surface area (Å²) in [7, 11) is 1.34. The van der Waals surface area contributed by atoms with Crippen molar-refractivity contribution in [3.05, 3.63) is 53.4 Å². The summed E-state index contributed by atoms with van der Waals surface area (Å²) in [5, 5.41) is 9.22. The zero-order valence-corrected chi connectivity index (χ0v) is 18.1. The molecule has 1 unspecified atom stereocenters. The summed E-state index contributed by atoms with van der Waals surface area (Å²) in [6.45, 7) is 5.57. The second-order valence-electron chi connectivity index (χ2n) is 6.22. The number of rotatable bonds is 7. The predicted molar refractivity (Wildman–Crippen MR) is 110 cm³/mol. The van der Waals surface area contributed by atoms with E-state index in [1.807, 2.05) is 19.9 Å². The Hall–Kier alpha value is -2.46. The van der Waals surface area contributed by atoms with Gasteiger partial charge in [-0.15, -0.1) is 10.2 Å². The van der Waals surface area contributed by atoms with Crippen molar-refractivity contribution < 1.29 is 13.9 Å². The third-order valence-electron chi connectivity index (χ3n) is 3.89. The normalized spacial score (nSPS) is 12.0. The number of benzene rings is 1. The number of thioether (sulfide) groups is 2. The topological polar surface area (TPSA) is 82.8 Å². The highest BCUT2D eigenvalue weighted by Gasteiger charge is 2.22. The van der Waals surface area contributed by atoms with Crippen molar-refractivity contribution in [2.45, 2.75) is 42.1 Å². The van der Waals surface area contributed by atoms with E-state index in [4.69, 9.17) is 4.74 Å². The molecule has 2 heterocycles. The molecule has 7 nitrogen and oxygen atoms in total. The van der Waals surface area contributed by atoms with E-state index in [0.29, 0.717) is 27.6 Å². The molecule has 0 radical (unpaired) electrons. The van der Waals surface area contributed by atoms with Gasteiger partial charge in [0, 0.05) is 17.1 Å². The highest BCUT2D eigenvalue weighted by Crippen LogP contribution is 2.29. The van der Waals surface area contributed by atoms with Crippen molar-refractivity contribution >= 4 is 29.5 Å². The number of methoxy groups -OCH3 is 1. The number of hydrogen-bond acceptors (Lipinski definition) is 8. The number of nitrogens with zero attached hydrogens (tertiary/aromatic N) is 5. The highest BCUT2D eigenvalue weighted by molar-refractivity contribution is 8.00. The maximum Gasteiger partial charge on any atom is 0.318 e. The number of carbonyl (C=O) groups excluding carboxylic acids is 1. The van der Waals surface area contributed by atoms with E-state index in [0.717, 1.165) is 11.4 Å². The largest absolute Gasteiger partial charge is 0.468 e. The molecule has 0 bridgehead atoms. The summed E-state index contributed by atoms with van der Waals surface area (Å²) in [6, 6.07) is 7.95. The first kappa shape index (κ1) is 21.3. The number of hydrogen-bond donors (Lipinski definition) is 0. The monoisotopic (exact) mass is 433 g/mol. The summed E-state index contributed by atoms with van der Waals surface area (Å²) in [5.41, 5.74) is 2.49. The fourth-order valence-corrected chi connectivity index (χ4v) is 4.35. The second kappa shape index (κ2) is 9.36. The number of esters is 1. The molecule has 3 aromatic rings. The molecule has 29 heavy (non-hydrogen) atoms. The van der Waals surface area contributed by atoms with Crippen LogP contribution in [0.25, 0.3) is 5.69 Å². The van der Waals surface area contributed by atoms with Crippen LogP contribution in [0.1, 0.15) is 24.1 Å². The molecule has 2 aromatic heterocycles. The number of halogens is 1. The summed E-state index contributed by atoms with van der Waals surface area (Å²) in [6.07, 6.45) is 0. The molecule has 0 aliphatic rings. The van der Waals surface area contributed by atoms with Crippen molar-refractivity contribution in [2.24, 2.45) is 0 Å². The minimum Gasteiger partial charge on any atom is -0.468 e. The third-order valence-corrected chi connectivity index (χ3v) is 5.76. The van der Waals surface area contributed by atoms with Crippen molar-refractivity contribution in [2.75, 3.05) is 7.11 Å². The van der Waals surface area contributed by atoms with E-state index in [-0.39, 0.29) is 11.8 Å². The second-order valence-corrected chi connectivity index (χ2v) is 8.47. The van der Waals surface area contributed by atoms with Gasteiger partial charge in [-0.2, -0.15) is 0 Å². The smallest absolute Gasteiger partial charge is 0.318 e. The Balaban J connectivity index is 1.91. The molecule has 0 saturated heterocycles. The van der Waals surface area contributed by atoms with Gasteiger partial charge in [0.25, 0.3) is 0 Å². The maximum absolute atomic E-state index is 13.4. The van der Waals surface area contributed by atoms with Gasteiger partial charge in [0.15, 0.2) is 10.3 Å². The molecule has 0 amide bonds. The SMILES string of the molecule is COC(=O)C(C)Sc1nnc(CSc2nc(C)cc(C)n2)n1-c1ccc(F)cc1. The lowest BCUT2D eigenvalue weighted by Gasteiger charge is -2.12. The highest BCUT2D eigenvalue weighted by atomic mass is 32.2. The lowest BCUT2D eigenvalue weighted by molar-refractivity contribution is -0.139. The summed E-state index contributed by atoms with van der Waals surface area (Å²) in [4.78, 5) is 20.7. The molecule has 3 rings (SSSR count).